The summed E-state index contributed by atoms with van der Waals surface area (Å²) < 4.78 is 14.5. The van der Waals surface area contributed by atoms with Gasteiger partial charge in [0.05, 0.1) is 32.0 Å². The molecule has 1 aromatic rings. The lowest BCUT2D eigenvalue weighted by molar-refractivity contribution is -0.139. The Morgan fingerprint density at radius 3 is 2.15 bits per heavy atom. The second-order valence-corrected chi connectivity index (χ2v) is 5.08. The van der Waals surface area contributed by atoms with Crippen LogP contribution in [-0.4, -0.2) is 38.7 Å². The summed E-state index contributed by atoms with van der Waals surface area (Å²) in [7, 11) is 2.46. The molecule has 0 atom stereocenters. The van der Waals surface area contributed by atoms with Crippen LogP contribution < -0.4 is 4.90 Å². The Labute approximate surface area is 151 Å². The molecule has 26 heavy (non-hydrogen) atoms. The zero-order valence-corrected chi connectivity index (χ0v) is 14.7. The van der Waals surface area contributed by atoms with Gasteiger partial charge in [0.2, 0.25) is 0 Å². The highest BCUT2D eigenvalue weighted by Crippen LogP contribution is 2.26. The maximum atomic E-state index is 12.3. The van der Waals surface area contributed by atoms with Gasteiger partial charge < -0.3 is 19.1 Å². The molecule has 0 saturated heterocycles. The molecule has 0 saturated carbocycles. The monoisotopic (exact) mass is 357 g/mol. The maximum Gasteiger partial charge on any atom is 0.355 e. The predicted molar refractivity (Wildman–Crippen MR) is 94.2 cm³/mol. The minimum Gasteiger partial charge on any atom is -0.465 e. The van der Waals surface area contributed by atoms with Crippen LogP contribution in [0.2, 0.25) is 0 Å². The van der Waals surface area contributed by atoms with Crippen molar-refractivity contribution in [3.63, 3.8) is 0 Å². The largest absolute Gasteiger partial charge is 0.465 e. The van der Waals surface area contributed by atoms with E-state index < -0.39 is 17.9 Å². The molecular formula is C19H19NO6. The Bertz CT molecular complexity index is 789. The SMILES string of the molecule is CCOC(=O)c1ccc(N2C=CC=CC(C(=O)OC)=C2C(=O)OC)cc1. The molecule has 0 bridgehead atoms. The van der Waals surface area contributed by atoms with Gasteiger partial charge in [0.1, 0.15) is 5.70 Å². The molecule has 0 aliphatic carbocycles. The highest BCUT2D eigenvalue weighted by Gasteiger charge is 2.27. The summed E-state index contributed by atoms with van der Waals surface area (Å²) in [6, 6.07) is 6.43. The first-order valence-corrected chi connectivity index (χ1v) is 7.85. The highest BCUT2D eigenvalue weighted by molar-refractivity contribution is 6.05. The quantitative estimate of drug-likeness (QED) is 0.591. The van der Waals surface area contributed by atoms with Gasteiger partial charge in [-0.05, 0) is 43.3 Å². The first kappa shape index (κ1) is 19.0. The van der Waals surface area contributed by atoms with Crippen molar-refractivity contribution >= 4 is 23.6 Å². The van der Waals surface area contributed by atoms with E-state index in [0.29, 0.717) is 11.3 Å². The molecule has 7 nitrogen and oxygen atoms in total. The number of methoxy groups -OCH3 is 2. The molecule has 0 spiro atoms. The number of benzene rings is 1. The molecule has 0 aromatic heterocycles. The number of nitrogens with zero attached hydrogens (tertiary/aromatic N) is 1. The summed E-state index contributed by atoms with van der Waals surface area (Å²) in [4.78, 5) is 37.7. The molecule has 1 aromatic carbocycles. The second kappa shape index (κ2) is 8.66. The van der Waals surface area contributed by atoms with Crippen molar-refractivity contribution in [2.45, 2.75) is 6.92 Å². The van der Waals surface area contributed by atoms with E-state index in [0.717, 1.165) is 0 Å². The molecule has 1 heterocycles. The van der Waals surface area contributed by atoms with Crippen molar-refractivity contribution in [3.8, 4) is 0 Å². The number of anilines is 1. The topological polar surface area (TPSA) is 82.1 Å². The Morgan fingerprint density at radius 2 is 1.58 bits per heavy atom. The van der Waals surface area contributed by atoms with Gasteiger partial charge in [-0.2, -0.15) is 0 Å². The maximum absolute atomic E-state index is 12.3. The molecule has 0 unspecified atom stereocenters. The molecule has 0 fully saturated rings. The van der Waals surface area contributed by atoms with Gasteiger partial charge in [0.25, 0.3) is 0 Å². The van der Waals surface area contributed by atoms with Crippen LogP contribution in [0.25, 0.3) is 0 Å². The van der Waals surface area contributed by atoms with Gasteiger partial charge in [-0.25, -0.2) is 14.4 Å². The zero-order chi connectivity index (χ0) is 19.1. The van der Waals surface area contributed by atoms with Crippen LogP contribution in [-0.2, 0) is 23.8 Å². The Balaban J connectivity index is 2.49. The van der Waals surface area contributed by atoms with Crippen LogP contribution in [0, 0.1) is 0 Å². The van der Waals surface area contributed by atoms with Gasteiger partial charge >= 0.3 is 17.9 Å². The highest BCUT2D eigenvalue weighted by atomic mass is 16.5. The fraction of sp³-hybridized carbons (Fsp3) is 0.211. The van der Waals surface area contributed by atoms with Crippen LogP contribution in [0.1, 0.15) is 17.3 Å². The molecule has 0 radical (unpaired) electrons. The number of hydrogen-bond donors (Lipinski definition) is 0. The van der Waals surface area contributed by atoms with Gasteiger partial charge in [0.15, 0.2) is 0 Å². The molecule has 0 amide bonds. The summed E-state index contributed by atoms with van der Waals surface area (Å²) in [6.07, 6.45) is 6.36. The minimum atomic E-state index is -0.698. The average molecular weight is 357 g/mol. The molecule has 1 aliphatic rings. The smallest absolute Gasteiger partial charge is 0.355 e. The van der Waals surface area contributed by atoms with Crippen LogP contribution >= 0.6 is 0 Å². The molecular weight excluding hydrogens is 338 g/mol. The number of allylic oxidation sites excluding steroid dienone is 2. The van der Waals surface area contributed by atoms with E-state index in [9.17, 15) is 14.4 Å². The third kappa shape index (κ3) is 4.00. The summed E-state index contributed by atoms with van der Waals surface area (Å²) in [5, 5.41) is 0. The lowest BCUT2D eigenvalue weighted by atomic mass is 10.1. The Kier molecular flexibility index (Phi) is 6.32. The molecule has 0 N–H and O–H groups in total. The van der Waals surface area contributed by atoms with Gasteiger partial charge in [-0.1, -0.05) is 6.08 Å². The van der Waals surface area contributed by atoms with E-state index in [2.05, 4.69) is 0 Å². The summed E-state index contributed by atoms with van der Waals surface area (Å²) in [5.74, 6) is -1.80. The number of rotatable bonds is 5. The number of carbonyl (C=O) groups is 3. The lowest BCUT2D eigenvalue weighted by Crippen LogP contribution is -2.27. The van der Waals surface area contributed by atoms with Crippen LogP contribution in [0.5, 0.6) is 0 Å². The number of ether oxygens (including phenoxy) is 3. The van der Waals surface area contributed by atoms with E-state index in [-0.39, 0.29) is 17.9 Å². The third-order valence-corrected chi connectivity index (χ3v) is 3.55. The van der Waals surface area contributed by atoms with E-state index in [1.165, 1.54) is 25.2 Å². The number of hydrogen-bond acceptors (Lipinski definition) is 7. The van der Waals surface area contributed by atoms with Gasteiger partial charge in [-0.15, -0.1) is 0 Å². The molecule has 7 heteroatoms. The van der Waals surface area contributed by atoms with E-state index in [1.807, 2.05) is 0 Å². The van der Waals surface area contributed by atoms with E-state index in [4.69, 9.17) is 14.2 Å². The normalized spacial score (nSPS) is 13.3. The van der Waals surface area contributed by atoms with Crippen LogP contribution in [0.15, 0.2) is 60.0 Å². The third-order valence-electron chi connectivity index (χ3n) is 3.55. The molecule has 2 rings (SSSR count). The van der Waals surface area contributed by atoms with Crippen molar-refractivity contribution in [1.82, 2.24) is 0 Å². The first-order valence-electron chi connectivity index (χ1n) is 7.85. The Hall–Kier alpha value is -3.35. The standard InChI is InChI=1S/C19H19NO6/c1-4-26-17(21)13-8-10-14(11-9-13)20-12-6-5-7-15(18(22)24-2)16(20)19(23)25-3/h5-12H,4H2,1-3H3. The average Bonchev–Trinajstić information content (AvgIpc) is 2.90. The van der Waals surface area contributed by atoms with Crippen molar-refractivity contribution in [2.75, 3.05) is 25.7 Å². The van der Waals surface area contributed by atoms with Crippen LogP contribution in [0.3, 0.4) is 0 Å². The van der Waals surface area contributed by atoms with Crippen molar-refractivity contribution in [1.29, 1.82) is 0 Å². The van der Waals surface area contributed by atoms with Gasteiger partial charge in [-0.3, -0.25) is 0 Å². The second-order valence-electron chi connectivity index (χ2n) is 5.08. The number of esters is 3. The molecule has 136 valence electrons. The van der Waals surface area contributed by atoms with Crippen LogP contribution in [0.4, 0.5) is 5.69 Å². The van der Waals surface area contributed by atoms with Crippen molar-refractivity contribution in [2.24, 2.45) is 0 Å². The van der Waals surface area contributed by atoms with Crippen molar-refractivity contribution in [3.05, 3.63) is 65.5 Å². The Morgan fingerprint density at radius 1 is 0.923 bits per heavy atom. The summed E-state index contributed by atoms with van der Waals surface area (Å²) in [5.41, 5.74) is 0.996. The van der Waals surface area contributed by atoms with E-state index in [1.54, 1.807) is 49.5 Å². The van der Waals surface area contributed by atoms with E-state index >= 15 is 0 Å². The summed E-state index contributed by atoms with van der Waals surface area (Å²) >= 11 is 0. The predicted octanol–water partition coefficient (Wildman–Crippen LogP) is 2.35. The fourth-order valence-corrected chi connectivity index (χ4v) is 2.34. The zero-order valence-electron chi connectivity index (χ0n) is 14.7. The summed E-state index contributed by atoms with van der Waals surface area (Å²) in [6.45, 7) is 2.00. The lowest BCUT2D eigenvalue weighted by Gasteiger charge is -2.23. The number of carbonyl (C=O) groups excluding carboxylic acids is 3. The van der Waals surface area contributed by atoms with Crippen molar-refractivity contribution < 1.29 is 28.6 Å². The molecule has 1 aliphatic heterocycles. The minimum absolute atomic E-state index is 0.00762. The fourth-order valence-electron chi connectivity index (χ4n) is 2.34. The first-order chi connectivity index (χ1) is 12.5. The van der Waals surface area contributed by atoms with Gasteiger partial charge in [0, 0.05) is 11.9 Å².